The maximum absolute atomic E-state index is 13.1. The highest BCUT2D eigenvalue weighted by atomic mass is 19.4. The summed E-state index contributed by atoms with van der Waals surface area (Å²) in [6, 6.07) is 19.3. The number of aromatic nitrogens is 1. The maximum atomic E-state index is 13.1. The van der Waals surface area contributed by atoms with Crippen LogP contribution in [0.3, 0.4) is 0 Å². The molecule has 0 amide bonds. The Morgan fingerprint density at radius 3 is 2.12 bits per heavy atom. The Balaban J connectivity index is 2.07. The Hall–Kier alpha value is -2.88. The second-order valence-corrected chi connectivity index (χ2v) is 6.10. The van der Waals surface area contributed by atoms with Gasteiger partial charge in [0.05, 0.1) is 16.8 Å². The molecule has 4 aromatic rings. The zero-order valence-corrected chi connectivity index (χ0v) is 13.4. The fourth-order valence-electron chi connectivity index (χ4n) is 3.06. The van der Waals surface area contributed by atoms with E-state index in [-0.39, 0.29) is 0 Å². The number of rotatable bonds is 1. The van der Waals surface area contributed by atoms with E-state index in [4.69, 9.17) is 0 Å². The zero-order chi connectivity index (χ0) is 17.6. The maximum Gasteiger partial charge on any atom is 0.416 e. The van der Waals surface area contributed by atoms with Crippen molar-refractivity contribution < 1.29 is 13.2 Å². The third-order valence-electron chi connectivity index (χ3n) is 4.35. The van der Waals surface area contributed by atoms with E-state index in [0.717, 1.165) is 39.4 Å². The van der Waals surface area contributed by atoms with Crippen LogP contribution in [0.25, 0.3) is 32.9 Å². The van der Waals surface area contributed by atoms with Crippen molar-refractivity contribution in [3.05, 3.63) is 77.9 Å². The number of nitrogens with zero attached hydrogens (tertiary/aromatic N) is 1. The van der Waals surface area contributed by atoms with E-state index in [2.05, 4.69) is 4.98 Å². The molecule has 3 aromatic carbocycles. The summed E-state index contributed by atoms with van der Waals surface area (Å²) in [6.07, 6.45) is -4.38. The largest absolute Gasteiger partial charge is 0.416 e. The minimum Gasteiger partial charge on any atom is -0.247 e. The molecule has 0 spiro atoms. The molecular formula is C21H14F3N. The van der Waals surface area contributed by atoms with Crippen LogP contribution >= 0.6 is 0 Å². The number of pyridine rings is 1. The molecule has 0 unspecified atom stereocenters. The van der Waals surface area contributed by atoms with E-state index in [0.29, 0.717) is 11.2 Å². The molecule has 1 heterocycles. The molecule has 0 aliphatic heterocycles. The smallest absolute Gasteiger partial charge is 0.247 e. The molecule has 1 nitrogen and oxygen atoms in total. The Bertz CT molecular complexity index is 1080. The molecule has 25 heavy (non-hydrogen) atoms. The van der Waals surface area contributed by atoms with Crippen LogP contribution in [0, 0.1) is 6.92 Å². The molecule has 124 valence electrons. The standard InChI is InChI=1S/C21H14F3N/c1-13-6-8-14(9-7-13)20-18-5-3-2-4-16(18)17-11-10-15(21(22,23)24)12-19(17)25-20/h2-12H,1H3. The number of halogens is 3. The van der Waals surface area contributed by atoms with Gasteiger partial charge < -0.3 is 0 Å². The number of benzene rings is 3. The molecule has 0 atom stereocenters. The van der Waals surface area contributed by atoms with Crippen molar-refractivity contribution >= 4 is 21.7 Å². The molecule has 0 radical (unpaired) electrons. The fraction of sp³-hybridized carbons (Fsp3) is 0.0952. The van der Waals surface area contributed by atoms with Gasteiger partial charge in [-0.15, -0.1) is 0 Å². The molecule has 0 aliphatic carbocycles. The van der Waals surface area contributed by atoms with Gasteiger partial charge in [-0.25, -0.2) is 4.98 Å². The fourth-order valence-corrected chi connectivity index (χ4v) is 3.06. The highest BCUT2D eigenvalue weighted by Crippen LogP contribution is 2.36. The van der Waals surface area contributed by atoms with Crippen LogP contribution in [0.4, 0.5) is 13.2 Å². The van der Waals surface area contributed by atoms with Crippen LogP contribution in [0.5, 0.6) is 0 Å². The number of hydrogen-bond donors (Lipinski definition) is 0. The lowest BCUT2D eigenvalue weighted by Gasteiger charge is -2.12. The summed E-state index contributed by atoms with van der Waals surface area (Å²) in [4.78, 5) is 4.58. The Labute approximate surface area is 142 Å². The minimum absolute atomic E-state index is 0.351. The van der Waals surface area contributed by atoms with E-state index in [1.54, 1.807) is 0 Å². The lowest BCUT2D eigenvalue weighted by atomic mass is 9.98. The first-order chi connectivity index (χ1) is 11.9. The Kier molecular flexibility index (Phi) is 3.49. The molecule has 0 saturated heterocycles. The van der Waals surface area contributed by atoms with Gasteiger partial charge in [0.1, 0.15) is 0 Å². The van der Waals surface area contributed by atoms with Gasteiger partial charge in [0.15, 0.2) is 0 Å². The van der Waals surface area contributed by atoms with Crippen LogP contribution in [0.2, 0.25) is 0 Å². The summed E-state index contributed by atoms with van der Waals surface area (Å²) in [5.41, 5.74) is 2.37. The molecule has 0 N–H and O–H groups in total. The molecule has 4 rings (SSSR count). The third kappa shape index (κ3) is 2.74. The third-order valence-corrected chi connectivity index (χ3v) is 4.35. The van der Waals surface area contributed by atoms with E-state index in [9.17, 15) is 13.2 Å². The highest BCUT2D eigenvalue weighted by molar-refractivity contribution is 6.10. The normalized spacial score (nSPS) is 12.0. The van der Waals surface area contributed by atoms with Crippen molar-refractivity contribution in [2.24, 2.45) is 0 Å². The lowest BCUT2D eigenvalue weighted by molar-refractivity contribution is -0.137. The summed E-state index contributed by atoms with van der Waals surface area (Å²) in [6.45, 7) is 1.99. The first kappa shape index (κ1) is 15.6. The van der Waals surface area contributed by atoms with E-state index < -0.39 is 11.7 Å². The number of aryl methyl sites for hydroxylation is 1. The summed E-state index contributed by atoms with van der Waals surface area (Å²) in [7, 11) is 0. The number of hydrogen-bond acceptors (Lipinski definition) is 1. The summed E-state index contributed by atoms with van der Waals surface area (Å²) in [5, 5.41) is 2.55. The average molecular weight is 337 g/mol. The van der Waals surface area contributed by atoms with Gasteiger partial charge in [-0.2, -0.15) is 13.2 Å². The van der Waals surface area contributed by atoms with E-state index >= 15 is 0 Å². The predicted molar refractivity (Wildman–Crippen MR) is 94.4 cm³/mol. The van der Waals surface area contributed by atoms with Gasteiger partial charge in [-0.05, 0) is 24.4 Å². The zero-order valence-electron chi connectivity index (χ0n) is 13.4. The second-order valence-electron chi connectivity index (χ2n) is 6.10. The van der Waals surface area contributed by atoms with Gasteiger partial charge in [0.2, 0.25) is 0 Å². The SMILES string of the molecule is Cc1ccc(-c2nc3cc(C(F)(F)F)ccc3c3ccccc23)cc1. The van der Waals surface area contributed by atoms with E-state index in [1.165, 1.54) is 6.07 Å². The van der Waals surface area contributed by atoms with Crippen molar-refractivity contribution in [2.75, 3.05) is 0 Å². The summed E-state index contributed by atoms with van der Waals surface area (Å²) in [5.74, 6) is 0. The molecule has 0 bridgehead atoms. The van der Waals surface area contributed by atoms with Crippen molar-refractivity contribution in [2.45, 2.75) is 13.1 Å². The molecular weight excluding hydrogens is 323 g/mol. The van der Waals surface area contributed by atoms with Gasteiger partial charge in [-0.1, -0.05) is 60.2 Å². The van der Waals surface area contributed by atoms with Crippen molar-refractivity contribution in [1.29, 1.82) is 0 Å². The van der Waals surface area contributed by atoms with Crippen LogP contribution in [0.1, 0.15) is 11.1 Å². The van der Waals surface area contributed by atoms with Crippen LogP contribution < -0.4 is 0 Å². The molecule has 0 saturated carbocycles. The average Bonchev–Trinajstić information content (AvgIpc) is 2.60. The van der Waals surface area contributed by atoms with Gasteiger partial charge in [0, 0.05) is 16.3 Å². The predicted octanol–water partition coefficient (Wildman–Crippen LogP) is 6.38. The monoisotopic (exact) mass is 337 g/mol. The lowest BCUT2D eigenvalue weighted by Crippen LogP contribution is -2.04. The minimum atomic E-state index is -4.38. The molecule has 0 aliphatic rings. The molecule has 4 heteroatoms. The topological polar surface area (TPSA) is 12.9 Å². The van der Waals surface area contributed by atoms with Gasteiger partial charge in [-0.3, -0.25) is 0 Å². The first-order valence-corrected chi connectivity index (χ1v) is 7.90. The molecule has 1 aromatic heterocycles. The summed E-state index contributed by atoms with van der Waals surface area (Å²) >= 11 is 0. The van der Waals surface area contributed by atoms with Crippen LogP contribution in [-0.4, -0.2) is 4.98 Å². The first-order valence-electron chi connectivity index (χ1n) is 7.90. The molecule has 0 fully saturated rings. The van der Waals surface area contributed by atoms with Crippen molar-refractivity contribution in [3.63, 3.8) is 0 Å². The highest BCUT2D eigenvalue weighted by Gasteiger charge is 2.30. The Morgan fingerprint density at radius 1 is 0.760 bits per heavy atom. The Morgan fingerprint density at radius 2 is 1.44 bits per heavy atom. The van der Waals surface area contributed by atoms with Crippen molar-refractivity contribution in [1.82, 2.24) is 4.98 Å². The van der Waals surface area contributed by atoms with Gasteiger partial charge >= 0.3 is 6.18 Å². The summed E-state index contributed by atoms with van der Waals surface area (Å²) < 4.78 is 39.2. The number of fused-ring (bicyclic) bond motifs is 3. The second kappa shape index (κ2) is 5.59. The van der Waals surface area contributed by atoms with E-state index in [1.807, 2.05) is 55.5 Å². The van der Waals surface area contributed by atoms with Crippen molar-refractivity contribution in [3.8, 4) is 11.3 Å². The number of alkyl halides is 3. The van der Waals surface area contributed by atoms with Gasteiger partial charge in [0.25, 0.3) is 0 Å². The quantitative estimate of drug-likeness (QED) is 0.367. The van der Waals surface area contributed by atoms with Crippen LogP contribution in [0.15, 0.2) is 66.7 Å². The van der Waals surface area contributed by atoms with Crippen LogP contribution in [-0.2, 0) is 6.18 Å².